The highest BCUT2D eigenvalue weighted by molar-refractivity contribution is 7.07. The number of para-hydroxylation sites is 2. The van der Waals surface area contributed by atoms with Crippen LogP contribution in [-0.4, -0.2) is 19.5 Å². The van der Waals surface area contributed by atoms with E-state index in [1.807, 2.05) is 59.4 Å². The van der Waals surface area contributed by atoms with Crippen LogP contribution in [-0.2, 0) is 6.54 Å². The maximum Gasteiger partial charge on any atom is 0.214 e. The highest BCUT2D eigenvalue weighted by atomic mass is 32.1. The third-order valence-electron chi connectivity index (χ3n) is 4.22. The predicted octanol–water partition coefficient (Wildman–Crippen LogP) is 4.86. The minimum Gasteiger partial charge on any atom is -0.439 e. The van der Waals surface area contributed by atoms with Crippen LogP contribution in [0, 0.1) is 0 Å². The minimum atomic E-state index is 0.500. The summed E-state index contributed by atoms with van der Waals surface area (Å²) in [6.45, 7) is 0.500. The lowest BCUT2D eigenvalue weighted by atomic mass is 10.2. The fourth-order valence-electron chi connectivity index (χ4n) is 3.01. The molecule has 0 bridgehead atoms. The molecule has 0 amide bonds. The van der Waals surface area contributed by atoms with E-state index >= 15 is 0 Å². The quantitative estimate of drug-likeness (QED) is 0.460. The molecule has 0 saturated carbocycles. The van der Waals surface area contributed by atoms with Gasteiger partial charge in [0.05, 0.1) is 22.7 Å². The van der Waals surface area contributed by atoms with Gasteiger partial charge in [-0.3, -0.25) is 0 Å². The van der Waals surface area contributed by atoms with Gasteiger partial charge in [-0.15, -0.1) is 11.3 Å². The van der Waals surface area contributed by atoms with Gasteiger partial charge in [0.2, 0.25) is 5.89 Å². The van der Waals surface area contributed by atoms with Crippen LogP contribution in [0.1, 0.15) is 5.89 Å². The van der Waals surface area contributed by atoms with E-state index in [1.165, 1.54) is 0 Å². The van der Waals surface area contributed by atoms with Crippen LogP contribution in [0.4, 0.5) is 0 Å². The molecule has 26 heavy (non-hydrogen) atoms. The zero-order chi connectivity index (χ0) is 17.3. The molecule has 0 atom stereocenters. The summed E-state index contributed by atoms with van der Waals surface area (Å²) in [6, 6.07) is 18.0. The van der Waals surface area contributed by atoms with Gasteiger partial charge in [0.15, 0.2) is 11.6 Å². The molecule has 0 fully saturated rings. The molecule has 0 spiro atoms. The molecule has 0 aliphatic carbocycles. The first-order chi connectivity index (χ1) is 12.9. The van der Waals surface area contributed by atoms with E-state index in [1.54, 1.807) is 17.5 Å². The normalized spacial score (nSPS) is 11.2. The number of hydrogen-bond acceptors (Lipinski definition) is 5. The Balaban J connectivity index is 1.58. The molecule has 5 rings (SSSR count). The number of nitrogens with zero attached hydrogens (tertiary/aromatic N) is 4. The number of hydrogen-bond donors (Lipinski definition) is 0. The van der Waals surface area contributed by atoms with E-state index in [0.717, 1.165) is 33.9 Å². The van der Waals surface area contributed by atoms with Gasteiger partial charge in [0, 0.05) is 10.9 Å². The van der Waals surface area contributed by atoms with Crippen molar-refractivity contribution >= 4 is 22.4 Å². The van der Waals surface area contributed by atoms with Crippen molar-refractivity contribution in [1.82, 2.24) is 19.5 Å². The van der Waals surface area contributed by atoms with Gasteiger partial charge >= 0.3 is 0 Å². The fourth-order valence-corrected chi connectivity index (χ4v) is 3.54. The van der Waals surface area contributed by atoms with Crippen LogP contribution in [0.2, 0.25) is 0 Å². The molecule has 2 aromatic carbocycles. The largest absolute Gasteiger partial charge is 0.439 e. The van der Waals surface area contributed by atoms with E-state index in [9.17, 15) is 0 Å². The Bertz CT molecular complexity index is 1160. The smallest absolute Gasteiger partial charge is 0.214 e. The highest BCUT2D eigenvalue weighted by Crippen LogP contribution is 2.27. The summed E-state index contributed by atoms with van der Waals surface area (Å²) in [6.07, 6.45) is 1.77. The van der Waals surface area contributed by atoms with Crippen molar-refractivity contribution in [2.24, 2.45) is 0 Å². The van der Waals surface area contributed by atoms with Crippen LogP contribution in [0.25, 0.3) is 33.9 Å². The lowest BCUT2D eigenvalue weighted by molar-refractivity contribution is 0.493. The summed E-state index contributed by atoms with van der Waals surface area (Å²) in [4.78, 5) is 13.6. The number of imidazole rings is 1. The molecule has 0 radical (unpaired) electrons. The van der Waals surface area contributed by atoms with Gasteiger partial charge in [-0.05, 0) is 12.1 Å². The topological polar surface area (TPSA) is 56.7 Å². The molecule has 0 aliphatic heterocycles. The Morgan fingerprint density at radius 2 is 1.81 bits per heavy atom. The third kappa shape index (κ3) is 2.60. The van der Waals surface area contributed by atoms with Crippen LogP contribution in [0.5, 0.6) is 0 Å². The maximum absolute atomic E-state index is 5.99. The summed E-state index contributed by atoms with van der Waals surface area (Å²) in [5, 5.41) is 2.00. The first-order valence-corrected chi connectivity index (χ1v) is 9.17. The number of fused-ring (bicyclic) bond motifs is 1. The Labute approximate surface area is 153 Å². The number of rotatable bonds is 4. The van der Waals surface area contributed by atoms with Crippen LogP contribution < -0.4 is 0 Å². The fraction of sp³-hybridized carbons (Fsp3) is 0.0500. The first-order valence-electron chi connectivity index (χ1n) is 8.22. The van der Waals surface area contributed by atoms with Crippen molar-refractivity contribution in [2.45, 2.75) is 6.54 Å². The average molecular weight is 358 g/mol. The highest BCUT2D eigenvalue weighted by Gasteiger charge is 2.16. The Morgan fingerprint density at radius 3 is 2.65 bits per heavy atom. The van der Waals surface area contributed by atoms with Crippen molar-refractivity contribution < 1.29 is 4.42 Å². The van der Waals surface area contributed by atoms with Gasteiger partial charge in [-0.1, -0.05) is 42.5 Å². The van der Waals surface area contributed by atoms with Gasteiger partial charge in [-0.25, -0.2) is 15.0 Å². The number of oxazole rings is 1. The SMILES string of the molecule is c1ccc(-c2cnc(Cn3c(-c4cscn4)nc4ccccc43)o2)cc1. The molecular weight excluding hydrogens is 344 g/mol. The summed E-state index contributed by atoms with van der Waals surface area (Å²) in [5.41, 5.74) is 5.67. The molecule has 0 saturated heterocycles. The van der Waals surface area contributed by atoms with E-state index in [2.05, 4.69) is 20.6 Å². The van der Waals surface area contributed by atoms with Crippen LogP contribution >= 0.6 is 11.3 Å². The Hall–Kier alpha value is -3.25. The molecule has 3 aromatic heterocycles. The second-order valence-corrected chi connectivity index (χ2v) is 6.59. The first kappa shape index (κ1) is 15.0. The molecule has 0 aliphatic rings. The standard InChI is InChI=1S/C20H14N4OS/c1-2-6-14(7-3-1)18-10-21-19(25-18)11-24-17-9-5-4-8-15(17)23-20(24)16-12-26-13-22-16/h1-10,12-13H,11H2. The van der Waals surface area contributed by atoms with Crippen molar-refractivity contribution in [2.75, 3.05) is 0 Å². The molecule has 3 heterocycles. The second kappa shape index (κ2) is 6.24. The molecular formula is C20H14N4OS. The lowest BCUT2D eigenvalue weighted by Gasteiger charge is -2.05. The van der Waals surface area contributed by atoms with Crippen molar-refractivity contribution in [3.63, 3.8) is 0 Å². The van der Waals surface area contributed by atoms with E-state index in [4.69, 9.17) is 9.40 Å². The molecule has 126 valence electrons. The minimum absolute atomic E-state index is 0.500. The van der Waals surface area contributed by atoms with Gasteiger partial charge in [0.25, 0.3) is 0 Å². The van der Waals surface area contributed by atoms with Gasteiger partial charge in [-0.2, -0.15) is 0 Å². The predicted molar refractivity (Wildman–Crippen MR) is 102 cm³/mol. The van der Waals surface area contributed by atoms with Crippen molar-refractivity contribution in [3.05, 3.63) is 77.6 Å². The number of aromatic nitrogens is 4. The zero-order valence-corrected chi connectivity index (χ0v) is 14.6. The van der Waals surface area contributed by atoms with Gasteiger partial charge in [0.1, 0.15) is 12.2 Å². The van der Waals surface area contributed by atoms with E-state index in [0.29, 0.717) is 12.4 Å². The summed E-state index contributed by atoms with van der Waals surface area (Å²) >= 11 is 1.56. The molecule has 5 aromatic rings. The molecule has 0 N–H and O–H groups in total. The lowest BCUT2D eigenvalue weighted by Crippen LogP contribution is -2.02. The van der Waals surface area contributed by atoms with Gasteiger partial charge < -0.3 is 8.98 Å². The monoisotopic (exact) mass is 358 g/mol. The summed E-state index contributed by atoms with van der Waals surface area (Å²) in [7, 11) is 0. The number of thiazole rings is 1. The molecule has 5 nitrogen and oxygen atoms in total. The van der Waals surface area contributed by atoms with E-state index < -0.39 is 0 Å². The molecule has 0 unspecified atom stereocenters. The zero-order valence-electron chi connectivity index (χ0n) is 13.7. The number of benzene rings is 2. The summed E-state index contributed by atoms with van der Waals surface area (Å²) in [5.74, 6) is 2.23. The van der Waals surface area contributed by atoms with Crippen LogP contribution in [0.15, 0.2) is 76.1 Å². The second-order valence-electron chi connectivity index (χ2n) is 5.87. The van der Waals surface area contributed by atoms with Crippen molar-refractivity contribution in [3.8, 4) is 22.8 Å². The maximum atomic E-state index is 5.99. The third-order valence-corrected chi connectivity index (χ3v) is 4.81. The van der Waals surface area contributed by atoms with Crippen molar-refractivity contribution in [1.29, 1.82) is 0 Å². The van der Waals surface area contributed by atoms with E-state index in [-0.39, 0.29) is 0 Å². The average Bonchev–Trinajstić information content (AvgIpc) is 3.43. The molecule has 6 heteroatoms. The van der Waals surface area contributed by atoms with Crippen LogP contribution in [0.3, 0.4) is 0 Å². The Morgan fingerprint density at radius 1 is 0.962 bits per heavy atom. The Kier molecular flexibility index (Phi) is 3.61. The summed E-state index contributed by atoms with van der Waals surface area (Å²) < 4.78 is 8.09.